The van der Waals surface area contributed by atoms with Gasteiger partial charge in [0.15, 0.2) is 0 Å². The zero-order valence-electron chi connectivity index (χ0n) is 10.3. The first kappa shape index (κ1) is 14.9. The fraction of sp³-hybridized carbons (Fsp3) is 0.333. The van der Waals surface area contributed by atoms with E-state index in [-0.39, 0.29) is 11.2 Å². The van der Waals surface area contributed by atoms with Crippen molar-refractivity contribution in [3.63, 3.8) is 0 Å². The Hall–Kier alpha value is -0.470. The molecule has 0 spiro atoms. The highest BCUT2D eigenvalue weighted by atomic mass is 79.9. The molecular formula is C12H14BrNO3S2. The molecule has 4 nitrogen and oxygen atoms in total. The van der Waals surface area contributed by atoms with Crippen LogP contribution in [-0.4, -0.2) is 24.7 Å². The molecule has 0 amide bonds. The second-order valence-corrected chi connectivity index (χ2v) is 8.66. The van der Waals surface area contributed by atoms with Crippen molar-refractivity contribution in [1.29, 1.82) is 0 Å². The van der Waals surface area contributed by atoms with Crippen LogP contribution >= 0.6 is 27.3 Å². The van der Waals surface area contributed by atoms with Crippen LogP contribution < -0.4 is 4.72 Å². The van der Waals surface area contributed by atoms with Crippen molar-refractivity contribution < 1.29 is 13.5 Å². The summed E-state index contributed by atoms with van der Waals surface area (Å²) in [5.41, 5.74) is -1.22. The van der Waals surface area contributed by atoms with Gasteiger partial charge in [0, 0.05) is 16.1 Å². The van der Waals surface area contributed by atoms with Crippen molar-refractivity contribution in [2.75, 3.05) is 11.2 Å². The quantitative estimate of drug-likeness (QED) is 0.801. The van der Waals surface area contributed by atoms with Crippen molar-refractivity contribution in [3.05, 3.63) is 35.2 Å². The Morgan fingerprint density at radius 1 is 1.42 bits per heavy atom. The number of alkyl halides is 1. The van der Waals surface area contributed by atoms with E-state index in [1.54, 1.807) is 6.92 Å². The third-order valence-corrected chi connectivity index (χ3v) is 6.79. The predicted molar refractivity (Wildman–Crippen MR) is 82.1 cm³/mol. The van der Waals surface area contributed by atoms with Crippen molar-refractivity contribution in [2.24, 2.45) is 0 Å². The molecule has 0 aliphatic rings. The zero-order chi connectivity index (χ0) is 14.1. The molecule has 2 N–H and O–H groups in total. The van der Waals surface area contributed by atoms with Crippen LogP contribution in [0.5, 0.6) is 0 Å². The highest BCUT2D eigenvalue weighted by Gasteiger charge is 2.27. The molecule has 0 bridgehead atoms. The molecule has 104 valence electrons. The summed E-state index contributed by atoms with van der Waals surface area (Å²) in [7, 11) is -3.38. The Morgan fingerprint density at radius 2 is 2.11 bits per heavy atom. The second-order valence-electron chi connectivity index (χ2n) is 4.47. The molecule has 1 unspecified atom stereocenters. The standard InChI is InChI=1S/C12H14BrNO3S2/c1-12(15,7-14-19(16,17)8-13)11-6-9-4-2-3-5-10(9)18-11/h2-6,14-15H,7-8H2,1H3. The van der Waals surface area contributed by atoms with Crippen molar-refractivity contribution >= 4 is 47.4 Å². The molecule has 1 heterocycles. The summed E-state index contributed by atoms with van der Waals surface area (Å²) in [4.78, 5) is 0.742. The summed E-state index contributed by atoms with van der Waals surface area (Å²) in [6, 6.07) is 9.70. The third kappa shape index (κ3) is 3.55. The average Bonchev–Trinajstić information content (AvgIpc) is 2.81. The largest absolute Gasteiger partial charge is 0.383 e. The summed E-state index contributed by atoms with van der Waals surface area (Å²) >= 11 is 4.36. The summed E-state index contributed by atoms with van der Waals surface area (Å²) in [5, 5.41) is 11.5. The molecule has 0 radical (unpaired) electrons. The Balaban J connectivity index is 2.23. The molecule has 1 atom stereocenters. The second kappa shape index (κ2) is 5.49. The van der Waals surface area contributed by atoms with E-state index >= 15 is 0 Å². The lowest BCUT2D eigenvalue weighted by molar-refractivity contribution is 0.0667. The number of nitrogens with one attached hydrogen (secondary N) is 1. The van der Waals surface area contributed by atoms with Crippen LogP contribution in [0.25, 0.3) is 10.1 Å². The normalized spacial score (nSPS) is 15.5. The first-order valence-corrected chi connectivity index (χ1v) is 9.18. The number of benzene rings is 1. The first-order chi connectivity index (χ1) is 8.84. The molecule has 0 fully saturated rings. The van der Waals surface area contributed by atoms with E-state index < -0.39 is 15.6 Å². The maximum Gasteiger partial charge on any atom is 0.221 e. The Morgan fingerprint density at radius 3 is 2.74 bits per heavy atom. The molecule has 0 saturated heterocycles. The Labute approximate surface area is 124 Å². The van der Waals surface area contributed by atoms with Gasteiger partial charge in [-0.3, -0.25) is 0 Å². The highest BCUT2D eigenvalue weighted by Crippen LogP contribution is 2.32. The number of hydrogen-bond donors (Lipinski definition) is 2. The van der Waals surface area contributed by atoms with Gasteiger partial charge in [-0.2, -0.15) is 0 Å². The lowest BCUT2D eigenvalue weighted by atomic mass is 10.1. The van der Waals surface area contributed by atoms with E-state index in [1.165, 1.54) is 11.3 Å². The summed E-state index contributed by atoms with van der Waals surface area (Å²) in [6.45, 7) is 1.56. The van der Waals surface area contributed by atoms with Crippen LogP contribution in [0.3, 0.4) is 0 Å². The predicted octanol–water partition coefficient (Wildman–Crippen LogP) is 2.38. The van der Waals surface area contributed by atoms with Crippen LogP contribution in [0.4, 0.5) is 0 Å². The lowest BCUT2D eigenvalue weighted by Crippen LogP contribution is -2.38. The smallest absolute Gasteiger partial charge is 0.221 e. The average molecular weight is 364 g/mol. The Bertz CT molecular complexity index is 646. The zero-order valence-corrected chi connectivity index (χ0v) is 13.5. The van der Waals surface area contributed by atoms with Gasteiger partial charge < -0.3 is 5.11 Å². The van der Waals surface area contributed by atoms with Crippen LogP contribution in [-0.2, 0) is 15.6 Å². The van der Waals surface area contributed by atoms with Crippen LogP contribution in [0.15, 0.2) is 30.3 Å². The van der Waals surface area contributed by atoms with Crippen molar-refractivity contribution in [2.45, 2.75) is 12.5 Å². The van der Waals surface area contributed by atoms with Crippen LogP contribution in [0.1, 0.15) is 11.8 Å². The van der Waals surface area contributed by atoms with E-state index in [0.29, 0.717) is 0 Å². The summed E-state index contributed by atoms with van der Waals surface area (Å²) < 4.78 is 26.0. The first-order valence-electron chi connectivity index (χ1n) is 5.59. The van der Waals surface area contributed by atoms with Gasteiger partial charge in [0.05, 0.1) is 0 Å². The van der Waals surface area contributed by atoms with Gasteiger partial charge >= 0.3 is 0 Å². The molecule has 2 aromatic rings. The monoisotopic (exact) mass is 363 g/mol. The number of hydrogen-bond acceptors (Lipinski definition) is 4. The van der Waals surface area contributed by atoms with Gasteiger partial charge in [0.25, 0.3) is 0 Å². The third-order valence-electron chi connectivity index (χ3n) is 2.74. The molecule has 7 heteroatoms. The lowest BCUT2D eigenvalue weighted by Gasteiger charge is -2.21. The van der Waals surface area contributed by atoms with Gasteiger partial charge in [-0.1, -0.05) is 34.1 Å². The molecule has 0 aliphatic heterocycles. The maximum absolute atomic E-state index is 11.4. The molecule has 1 aromatic heterocycles. The number of halogens is 1. The Kier molecular flexibility index (Phi) is 4.32. The number of thiophene rings is 1. The fourth-order valence-electron chi connectivity index (χ4n) is 1.62. The minimum absolute atomic E-state index is 0.0479. The number of fused-ring (bicyclic) bond motifs is 1. The molecular weight excluding hydrogens is 350 g/mol. The maximum atomic E-state index is 11.4. The molecule has 19 heavy (non-hydrogen) atoms. The van der Waals surface area contributed by atoms with Crippen LogP contribution in [0.2, 0.25) is 0 Å². The van der Waals surface area contributed by atoms with Gasteiger partial charge in [-0.15, -0.1) is 11.3 Å². The number of aliphatic hydroxyl groups is 1. The SMILES string of the molecule is CC(O)(CNS(=O)(=O)CBr)c1cc2ccccc2s1. The number of rotatable bonds is 5. The minimum atomic E-state index is -3.38. The van der Waals surface area contributed by atoms with E-state index in [0.717, 1.165) is 15.0 Å². The van der Waals surface area contributed by atoms with Crippen molar-refractivity contribution in [1.82, 2.24) is 4.72 Å². The topological polar surface area (TPSA) is 66.4 Å². The summed E-state index contributed by atoms with van der Waals surface area (Å²) in [5.74, 6) is 0. The minimum Gasteiger partial charge on any atom is -0.383 e. The van der Waals surface area contributed by atoms with Gasteiger partial charge in [-0.05, 0) is 24.4 Å². The summed E-state index contributed by atoms with van der Waals surface area (Å²) in [6.07, 6.45) is 0. The van der Waals surface area contributed by atoms with Gasteiger partial charge in [-0.25, -0.2) is 13.1 Å². The van der Waals surface area contributed by atoms with Crippen LogP contribution in [0, 0.1) is 0 Å². The van der Waals surface area contributed by atoms with Gasteiger partial charge in [0.1, 0.15) is 10.3 Å². The molecule has 2 rings (SSSR count). The van der Waals surface area contributed by atoms with Gasteiger partial charge in [0.2, 0.25) is 10.0 Å². The van der Waals surface area contributed by atoms with E-state index in [1.807, 2.05) is 30.3 Å². The number of sulfonamides is 1. The molecule has 0 aliphatic carbocycles. The highest BCUT2D eigenvalue weighted by molar-refractivity contribution is 9.10. The molecule has 1 aromatic carbocycles. The fourth-order valence-corrected chi connectivity index (χ4v) is 3.79. The van der Waals surface area contributed by atoms with Crippen molar-refractivity contribution in [3.8, 4) is 0 Å². The van der Waals surface area contributed by atoms with E-state index in [2.05, 4.69) is 20.7 Å². The van der Waals surface area contributed by atoms with E-state index in [9.17, 15) is 13.5 Å². The molecule has 0 saturated carbocycles. The van der Waals surface area contributed by atoms with E-state index in [4.69, 9.17) is 0 Å².